The molecule has 0 spiro atoms. The van der Waals surface area contributed by atoms with Gasteiger partial charge in [-0.2, -0.15) is 0 Å². The fraction of sp³-hybridized carbons (Fsp3) is 0.222. The van der Waals surface area contributed by atoms with Crippen molar-refractivity contribution in [2.75, 3.05) is 16.4 Å². The van der Waals surface area contributed by atoms with Gasteiger partial charge in [0.05, 0.1) is 11.4 Å². The third kappa shape index (κ3) is 3.53. The van der Waals surface area contributed by atoms with E-state index in [0.29, 0.717) is 11.8 Å². The van der Waals surface area contributed by atoms with Crippen molar-refractivity contribution in [2.24, 2.45) is 0 Å². The van der Waals surface area contributed by atoms with Gasteiger partial charge in [0.1, 0.15) is 0 Å². The maximum atomic E-state index is 11.4. The molecule has 0 saturated carbocycles. The lowest BCUT2D eigenvalue weighted by Gasteiger charge is -2.07. The van der Waals surface area contributed by atoms with Gasteiger partial charge in [0.15, 0.2) is 6.29 Å². The van der Waals surface area contributed by atoms with E-state index < -0.39 is 10.0 Å². The second kappa shape index (κ2) is 5.14. The first-order valence-corrected chi connectivity index (χ1v) is 6.38. The maximum absolute atomic E-state index is 11.4. The van der Waals surface area contributed by atoms with Gasteiger partial charge >= 0.3 is 0 Å². The molecule has 4 nitrogen and oxygen atoms in total. The summed E-state index contributed by atoms with van der Waals surface area (Å²) in [5, 5.41) is 0. The largest absolute Gasteiger partial charge is 0.298 e. The number of carbonyl (C=O) groups excluding carboxylic acids is 1. The number of benzene rings is 1. The van der Waals surface area contributed by atoms with Crippen LogP contribution in [0.3, 0.4) is 0 Å². The number of aldehydes is 1. The van der Waals surface area contributed by atoms with E-state index in [-0.39, 0.29) is 17.3 Å². The van der Waals surface area contributed by atoms with Crippen molar-refractivity contribution in [3.05, 3.63) is 29.8 Å². The molecule has 15 heavy (non-hydrogen) atoms. The van der Waals surface area contributed by atoms with Crippen molar-refractivity contribution in [3.8, 4) is 0 Å². The smallest absolute Gasteiger partial charge is 0.233 e. The Labute approximate surface area is 93.3 Å². The predicted octanol–water partition coefficient (Wildman–Crippen LogP) is 1.48. The third-order valence-electron chi connectivity index (χ3n) is 1.70. The Kier molecular flexibility index (Phi) is 4.11. The first-order chi connectivity index (χ1) is 7.09. The van der Waals surface area contributed by atoms with Crippen molar-refractivity contribution in [2.45, 2.75) is 0 Å². The van der Waals surface area contributed by atoms with Crippen LogP contribution in [-0.2, 0) is 10.0 Å². The molecule has 0 heterocycles. The molecule has 0 amide bonds. The number of sulfonamides is 1. The highest BCUT2D eigenvalue weighted by molar-refractivity contribution is 7.92. The van der Waals surface area contributed by atoms with Crippen LogP contribution in [-0.4, -0.2) is 26.3 Å². The summed E-state index contributed by atoms with van der Waals surface area (Å²) in [6.45, 7) is 0. The molecule has 0 unspecified atom stereocenters. The standard InChI is InChI=1S/C9H10ClNO3S/c10-5-6-15(13,14)11-9-4-2-1-3-8(9)7-12/h1-4,7,11H,5-6H2. The van der Waals surface area contributed by atoms with Crippen molar-refractivity contribution in [1.29, 1.82) is 0 Å². The summed E-state index contributed by atoms with van der Waals surface area (Å²) in [4.78, 5) is 10.6. The van der Waals surface area contributed by atoms with Crippen LogP contribution >= 0.6 is 11.6 Å². The minimum atomic E-state index is -3.46. The minimum Gasteiger partial charge on any atom is -0.298 e. The van der Waals surface area contributed by atoms with Crippen LogP contribution in [0.4, 0.5) is 5.69 Å². The number of hydrogen-bond acceptors (Lipinski definition) is 3. The molecule has 0 bridgehead atoms. The normalized spacial score (nSPS) is 11.0. The fourth-order valence-corrected chi connectivity index (χ4v) is 2.45. The number of nitrogens with one attached hydrogen (secondary N) is 1. The van der Waals surface area contributed by atoms with Gasteiger partial charge in [0.2, 0.25) is 10.0 Å². The van der Waals surface area contributed by atoms with E-state index in [1.807, 2.05) is 0 Å². The van der Waals surface area contributed by atoms with Gasteiger partial charge < -0.3 is 0 Å². The Bertz CT molecular complexity index is 444. The maximum Gasteiger partial charge on any atom is 0.233 e. The number of para-hydroxylation sites is 1. The topological polar surface area (TPSA) is 63.2 Å². The van der Waals surface area contributed by atoms with E-state index in [1.165, 1.54) is 12.1 Å². The van der Waals surface area contributed by atoms with Gasteiger partial charge in [-0.1, -0.05) is 12.1 Å². The van der Waals surface area contributed by atoms with E-state index >= 15 is 0 Å². The Morgan fingerprint density at radius 2 is 2.00 bits per heavy atom. The summed E-state index contributed by atoms with van der Waals surface area (Å²) < 4.78 is 25.0. The molecule has 0 saturated heterocycles. The highest BCUT2D eigenvalue weighted by Crippen LogP contribution is 2.14. The predicted molar refractivity (Wildman–Crippen MR) is 60.0 cm³/mol. The molecule has 0 aliphatic carbocycles. The highest BCUT2D eigenvalue weighted by Gasteiger charge is 2.11. The molecule has 0 fully saturated rings. The summed E-state index contributed by atoms with van der Waals surface area (Å²) in [6, 6.07) is 6.36. The molecule has 0 aliphatic rings. The van der Waals surface area contributed by atoms with E-state index in [9.17, 15) is 13.2 Å². The van der Waals surface area contributed by atoms with E-state index in [4.69, 9.17) is 11.6 Å². The summed E-state index contributed by atoms with van der Waals surface area (Å²) in [7, 11) is -3.46. The second-order valence-corrected chi connectivity index (χ2v) is 5.03. The number of halogens is 1. The lowest BCUT2D eigenvalue weighted by Crippen LogP contribution is -2.18. The molecule has 0 aromatic heterocycles. The molecule has 0 aliphatic heterocycles. The quantitative estimate of drug-likeness (QED) is 0.633. The monoisotopic (exact) mass is 247 g/mol. The van der Waals surface area contributed by atoms with Crippen molar-refractivity contribution in [3.63, 3.8) is 0 Å². The van der Waals surface area contributed by atoms with Crippen LogP contribution in [0.25, 0.3) is 0 Å². The molecule has 6 heteroatoms. The third-order valence-corrected chi connectivity index (χ3v) is 3.38. The zero-order valence-corrected chi connectivity index (χ0v) is 9.38. The van der Waals surface area contributed by atoms with Crippen LogP contribution in [0.2, 0.25) is 0 Å². The van der Waals surface area contributed by atoms with Gasteiger partial charge in [0.25, 0.3) is 0 Å². The molecular weight excluding hydrogens is 238 g/mol. The Balaban J connectivity index is 2.94. The lowest BCUT2D eigenvalue weighted by atomic mass is 10.2. The first-order valence-electron chi connectivity index (χ1n) is 4.20. The average molecular weight is 248 g/mol. The Hall–Kier alpha value is -1.07. The first kappa shape index (κ1) is 12.0. The number of anilines is 1. The molecular formula is C9H10ClNO3S. The lowest BCUT2D eigenvalue weighted by molar-refractivity contribution is 0.112. The fourth-order valence-electron chi connectivity index (χ4n) is 1.01. The highest BCUT2D eigenvalue weighted by atomic mass is 35.5. The minimum absolute atomic E-state index is 0.0125. The molecule has 0 atom stereocenters. The van der Waals surface area contributed by atoms with Crippen molar-refractivity contribution < 1.29 is 13.2 Å². The molecule has 0 radical (unpaired) electrons. The molecule has 1 N–H and O–H groups in total. The van der Waals surface area contributed by atoms with Gasteiger partial charge in [-0.25, -0.2) is 8.42 Å². The van der Waals surface area contributed by atoms with Gasteiger partial charge in [-0.05, 0) is 12.1 Å². The summed E-state index contributed by atoms with van der Waals surface area (Å²) in [5.74, 6) is -0.166. The summed E-state index contributed by atoms with van der Waals surface area (Å²) in [5.41, 5.74) is 0.577. The van der Waals surface area contributed by atoms with Gasteiger partial charge in [0, 0.05) is 11.4 Å². The molecule has 1 aromatic rings. The van der Waals surface area contributed by atoms with E-state index in [1.54, 1.807) is 12.1 Å². The van der Waals surface area contributed by atoms with Crippen molar-refractivity contribution in [1.82, 2.24) is 0 Å². The van der Waals surface area contributed by atoms with Crippen LogP contribution in [0.5, 0.6) is 0 Å². The summed E-state index contributed by atoms with van der Waals surface area (Å²) >= 11 is 5.34. The second-order valence-electron chi connectivity index (χ2n) is 2.82. The van der Waals surface area contributed by atoms with Crippen LogP contribution in [0.15, 0.2) is 24.3 Å². The number of hydrogen-bond donors (Lipinski definition) is 1. The summed E-state index contributed by atoms with van der Waals surface area (Å²) in [6.07, 6.45) is 0.596. The van der Waals surface area contributed by atoms with E-state index in [0.717, 1.165) is 0 Å². The Morgan fingerprint density at radius 1 is 1.33 bits per heavy atom. The average Bonchev–Trinajstić information content (AvgIpc) is 2.17. The van der Waals surface area contributed by atoms with Crippen LogP contribution in [0.1, 0.15) is 10.4 Å². The Morgan fingerprint density at radius 3 is 2.60 bits per heavy atom. The van der Waals surface area contributed by atoms with Gasteiger partial charge in [-0.15, -0.1) is 11.6 Å². The molecule has 1 aromatic carbocycles. The molecule has 82 valence electrons. The zero-order chi connectivity index (χ0) is 11.3. The SMILES string of the molecule is O=Cc1ccccc1NS(=O)(=O)CCCl. The number of alkyl halides is 1. The molecule has 1 rings (SSSR count). The van der Waals surface area contributed by atoms with E-state index in [2.05, 4.69) is 4.72 Å². The van der Waals surface area contributed by atoms with Gasteiger partial charge in [-0.3, -0.25) is 9.52 Å². The van der Waals surface area contributed by atoms with Crippen LogP contribution in [0, 0.1) is 0 Å². The number of carbonyl (C=O) groups is 1. The zero-order valence-electron chi connectivity index (χ0n) is 7.81. The number of rotatable bonds is 5. The van der Waals surface area contributed by atoms with Crippen molar-refractivity contribution >= 4 is 33.6 Å². The van der Waals surface area contributed by atoms with Crippen LogP contribution < -0.4 is 4.72 Å².